The van der Waals surface area contributed by atoms with Crippen molar-refractivity contribution in [1.29, 1.82) is 0 Å². The first kappa shape index (κ1) is 17.7. The lowest BCUT2D eigenvalue weighted by atomic mass is 9.75. The molecule has 1 saturated heterocycles. The van der Waals surface area contributed by atoms with Crippen LogP contribution in [0.5, 0.6) is 0 Å². The van der Waals surface area contributed by atoms with E-state index in [4.69, 9.17) is 4.74 Å². The van der Waals surface area contributed by atoms with Crippen LogP contribution < -0.4 is 0 Å². The van der Waals surface area contributed by atoms with Crippen molar-refractivity contribution < 1.29 is 14.6 Å². The minimum Gasteiger partial charge on any atom is -0.389 e. The molecule has 2 rings (SSSR count). The number of hydrogen-bond acceptors (Lipinski definition) is 3. The zero-order valence-electron chi connectivity index (χ0n) is 14.5. The van der Waals surface area contributed by atoms with E-state index in [9.17, 15) is 9.90 Å². The standard InChI is InChI=1S/C18H33NO3/c1-13(2)16-8-7-14(3)10-17(16)22-12-15(20)11-19-9-5-4-6-18(19)21/h13-17,20H,4-12H2,1-3H3. The van der Waals surface area contributed by atoms with Gasteiger partial charge in [-0.25, -0.2) is 0 Å². The average molecular weight is 311 g/mol. The maximum Gasteiger partial charge on any atom is 0.222 e. The van der Waals surface area contributed by atoms with Crippen LogP contribution in [-0.4, -0.2) is 47.8 Å². The fourth-order valence-electron chi connectivity index (χ4n) is 3.90. The number of hydrogen-bond donors (Lipinski definition) is 1. The maximum absolute atomic E-state index is 11.8. The van der Waals surface area contributed by atoms with Crippen LogP contribution in [0.3, 0.4) is 0 Å². The summed E-state index contributed by atoms with van der Waals surface area (Å²) in [6.07, 6.45) is 5.97. The Kier molecular flexibility index (Phi) is 6.69. The molecule has 0 aromatic heterocycles. The van der Waals surface area contributed by atoms with E-state index in [0.29, 0.717) is 37.3 Å². The van der Waals surface area contributed by atoms with E-state index in [1.54, 1.807) is 4.90 Å². The van der Waals surface area contributed by atoms with Gasteiger partial charge >= 0.3 is 0 Å². The highest BCUT2D eigenvalue weighted by molar-refractivity contribution is 5.76. The molecule has 0 radical (unpaired) electrons. The van der Waals surface area contributed by atoms with Crippen molar-refractivity contribution in [2.45, 2.75) is 71.5 Å². The van der Waals surface area contributed by atoms with Gasteiger partial charge in [0.2, 0.25) is 5.91 Å². The Morgan fingerprint density at radius 2 is 2.09 bits per heavy atom. The normalized spacial score (nSPS) is 31.6. The summed E-state index contributed by atoms with van der Waals surface area (Å²) in [7, 11) is 0. The minimum absolute atomic E-state index is 0.177. The van der Waals surface area contributed by atoms with E-state index in [0.717, 1.165) is 25.8 Å². The molecule has 22 heavy (non-hydrogen) atoms. The second kappa shape index (κ2) is 8.30. The van der Waals surface area contributed by atoms with Gasteiger partial charge in [0.05, 0.1) is 18.8 Å². The minimum atomic E-state index is -0.563. The summed E-state index contributed by atoms with van der Waals surface area (Å²) >= 11 is 0. The molecule has 4 unspecified atom stereocenters. The topological polar surface area (TPSA) is 49.8 Å². The lowest BCUT2D eigenvalue weighted by Crippen LogP contribution is -2.43. The van der Waals surface area contributed by atoms with Gasteiger partial charge in [-0.15, -0.1) is 0 Å². The van der Waals surface area contributed by atoms with Gasteiger partial charge in [-0.3, -0.25) is 4.79 Å². The molecule has 0 aromatic rings. The fourth-order valence-corrected chi connectivity index (χ4v) is 3.90. The third-order valence-electron chi connectivity index (χ3n) is 5.32. The third-order valence-corrected chi connectivity index (χ3v) is 5.32. The monoisotopic (exact) mass is 311 g/mol. The van der Waals surface area contributed by atoms with Gasteiger partial charge in [0, 0.05) is 19.5 Å². The summed E-state index contributed by atoms with van der Waals surface area (Å²) in [6.45, 7) is 8.37. The maximum atomic E-state index is 11.8. The molecule has 2 fully saturated rings. The summed E-state index contributed by atoms with van der Waals surface area (Å²) in [4.78, 5) is 13.6. The van der Waals surface area contributed by atoms with E-state index in [1.165, 1.54) is 12.8 Å². The Bertz CT molecular complexity index is 358. The van der Waals surface area contributed by atoms with Crippen molar-refractivity contribution in [2.75, 3.05) is 19.7 Å². The molecule has 1 saturated carbocycles. The average Bonchev–Trinajstić information content (AvgIpc) is 2.47. The Labute approximate surface area is 135 Å². The highest BCUT2D eigenvalue weighted by atomic mass is 16.5. The number of aliphatic hydroxyl groups excluding tert-OH is 1. The predicted molar refractivity (Wildman–Crippen MR) is 87.5 cm³/mol. The molecule has 1 amide bonds. The summed E-state index contributed by atoms with van der Waals surface area (Å²) < 4.78 is 6.08. The zero-order valence-corrected chi connectivity index (χ0v) is 14.5. The number of rotatable bonds is 6. The number of β-amino-alcohol motifs (C(OH)–C–C–N with tert-alkyl or cyclic N) is 1. The van der Waals surface area contributed by atoms with Crippen molar-refractivity contribution >= 4 is 5.91 Å². The van der Waals surface area contributed by atoms with Crippen molar-refractivity contribution in [1.82, 2.24) is 4.90 Å². The van der Waals surface area contributed by atoms with Crippen LogP contribution in [0.1, 0.15) is 59.3 Å². The van der Waals surface area contributed by atoms with Gasteiger partial charge in [-0.2, -0.15) is 0 Å². The van der Waals surface area contributed by atoms with E-state index >= 15 is 0 Å². The van der Waals surface area contributed by atoms with Crippen LogP contribution in [0.15, 0.2) is 0 Å². The molecule has 4 heteroatoms. The number of carbonyl (C=O) groups is 1. The summed E-state index contributed by atoms with van der Waals surface area (Å²) in [5.74, 6) is 2.11. The molecule has 4 nitrogen and oxygen atoms in total. The van der Waals surface area contributed by atoms with E-state index in [-0.39, 0.29) is 12.0 Å². The smallest absolute Gasteiger partial charge is 0.222 e. The van der Waals surface area contributed by atoms with Crippen LogP contribution in [0.2, 0.25) is 0 Å². The second-order valence-electron chi connectivity index (χ2n) is 7.65. The number of aliphatic hydroxyl groups is 1. The Balaban J connectivity index is 1.78. The molecular weight excluding hydrogens is 278 g/mol. The van der Waals surface area contributed by atoms with Crippen LogP contribution in [0.4, 0.5) is 0 Å². The molecule has 1 aliphatic carbocycles. The van der Waals surface area contributed by atoms with Crippen LogP contribution in [-0.2, 0) is 9.53 Å². The van der Waals surface area contributed by atoms with Gasteiger partial charge < -0.3 is 14.7 Å². The highest BCUT2D eigenvalue weighted by Gasteiger charge is 2.32. The number of nitrogens with zero attached hydrogens (tertiary/aromatic N) is 1. The van der Waals surface area contributed by atoms with Gasteiger partial charge in [0.25, 0.3) is 0 Å². The van der Waals surface area contributed by atoms with E-state index in [1.807, 2.05) is 0 Å². The quantitative estimate of drug-likeness (QED) is 0.820. The van der Waals surface area contributed by atoms with E-state index in [2.05, 4.69) is 20.8 Å². The summed E-state index contributed by atoms with van der Waals surface area (Å²) in [5, 5.41) is 10.2. The molecule has 2 aliphatic rings. The third kappa shape index (κ3) is 4.95. The Morgan fingerprint density at radius 3 is 2.77 bits per heavy atom. The van der Waals surface area contributed by atoms with Gasteiger partial charge in [-0.05, 0) is 43.4 Å². The van der Waals surface area contributed by atoms with E-state index < -0.39 is 6.10 Å². The molecule has 0 bridgehead atoms. The SMILES string of the molecule is CC1CCC(C(C)C)C(OCC(O)CN2CCCCC2=O)C1. The molecular formula is C18H33NO3. The second-order valence-corrected chi connectivity index (χ2v) is 7.65. The number of amides is 1. The Hall–Kier alpha value is -0.610. The molecule has 1 aliphatic heterocycles. The van der Waals surface area contributed by atoms with Gasteiger partial charge in [0.1, 0.15) is 0 Å². The Morgan fingerprint density at radius 1 is 1.32 bits per heavy atom. The zero-order chi connectivity index (χ0) is 16.1. The number of piperidine rings is 1. The highest BCUT2D eigenvalue weighted by Crippen LogP contribution is 2.35. The molecule has 4 atom stereocenters. The molecule has 0 spiro atoms. The lowest BCUT2D eigenvalue weighted by molar-refractivity contribution is -0.136. The van der Waals surface area contributed by atoms with Gasteiger partial charge in [-0.1, -0.05) is 27.2 Å². The van der Waals surface area contributed by atoms with Crippen molar-refractivity contribution in [2.24, 2.45) is 17.8 Å². The van der Waals surface area contributed by atoms with Gasteiger partial charge in [0.15, 0.2) is 0 Å². The van der Waals surface area contributed by atoms with Crippen LogP contribution in [0.25, 0.3) is 0 Å². The predicted octanol–water partition coefficient (Wildman–Crippen LogP) is 2.84. The molecule has 128 valence electrons. The first-order valence-corrected chi connectivity index (χ1v) is 9.04. The van der Waals surface area contributed by atoms with Crippen molar-refractivity contribution in [3.05, 3.63) is 0 Å². The molecule has 0 aromatic carbocycles. The molecule has 1 N–H and O–H groups in total. The summed E-state index contributed by atoms with van der Waals surface area (Å²) in [5.41, 5.74) is 0. The van der Waals surface area contributed by atoms with Crippen molar-refractivity contribution in [3.8, 4) is 0 Å². The largest absolute Gasteiger partial charge is 0.389 e. The molecule has 1 heterocycles. The first-order valence-electron chi connectivity index (χ1n) is 9.04. The number of likely N-dealkylation sites (tertiary alicyclic amines) is 1. The fraction of sp³-hybridized carbons (Fsp3) is 0.944. The number of carbonyl (C=O) groups excluding carboxylic acids is 1. The number of ether oxygens (including phenoxy) is 1. The lowest BCUT2D eigenvalue weighted by Gasteiger charge is -2.38. The van der Waals surface area contributed by atoms with Crippen LogP contribution in [0, 0.1) is 17.8 Å². The summed E-state index contributed by atoms with van der Waals surface area (Å²) in [6, 6.07) is 0. The van der Waals surface area contributed by atoms with Crippen LogP contribution >= 0.6 is 0 Å². The first-order chi connectivity index (χ1) is 10.5. The van der Waals surface area contributed by atoms with Crippen molar-refractivity contribution in [3.63, 3.8) is 0 Å².